The molecule has 1 N–H and O–H groups in total. The SMILES string of the molecule is CCOC(=O)[C@H]1CCC[NH+](CN2C(=O)C(=O)c3cccc(Br)c32)C1. The third kappa shape index (κ3) is 3.10. The molecule has 0 saturated carbocycles. The number of nitrogens with one attached hydrogen (secondary N) is 1. The van der Waals surface area contributed by atoms with Crippen molar-refractivity contribution in [2.75, 3.05) is 31.3 Å². The molecule has 0 bridgehead atoms. The van der Waals surface area contributed by atoms with Crippen LogP contribution in [0.1, 0.15) is 30.1 Å². The summed E-state index contributed by atoms with van der Waals surface area (Å²) in [5.74, 6) is -1.27. The summed E-state index contributed by atoms with van der Waals surface area (Å²) in [7, 11) is 0. The summed E-state index contributed by atoms with van der Waals surface area (Å²) in [6.07, 6.45) is 1.72. The highest BCUT2D eigenvalue weighted by atomic mass is 79.9. The molecule has 0 radical (unpaired) electrons. The van der Waals surface area contributed by atoms with Gasteiger partial charge in [0.1, 0.15) is 5.92 Å². The van der Waals surface area contributed by atoms with Gasteiger partial charge in [0.15, 0.2) is 6.67 Å². The molecule has 2 heterocycles. The second-order valence-corrected chi connectivity index (χ2v) is 7.01. The van der Waals surface area contributed by atoms with Crippen LogP contribution < -0.4 is 9.80 Å². The van der Waals surface area contributed by atoms with Crippen LogP contribution in [0.5, 0.6) is 0 Å². The van der Waals surface area contributed by atoms with Crippen LogP contribution in [0, 0.1) is 5.92 Å². The fraction of sp³-hybridized carbons (Fsp3) is 0.471. The Kier molecular flexibility index (Phi) is 5.01. The van der Waals surface area contributed by atoms with E-state index in [1.54, 1.807) is 19.1 Å². The molecule has 0 aliphatic carbocycles. The molecule has 1 amide bonds. The summed E-state index contributed by atoms with van der Waals surface area (Å²) in [6, 6.07) is 5.25. The molecule has 2 atom stereocenters. The Balaban J connectivity index is 1.76. The van der Waals surface area contributed by atoms with Crippen molar-refractivity contribution in [3.8, 4) is 0 Å². The monoisotopic (exact) mass is 395 g/mol. The van der Waals surface area contributed by atoms with Gasteiger partial charge in [-0.1, -0.05) is 6.07 Å². The van der Waals surface area contributed by atoms with E-state index in [2.05, 4.69) is 15.9 Å². The zero-order valence-corrected chi connectivity index (χ0v) is 15.1. The van der Waals surface area contributed by atoms with Crippen LogP contribution in [0.15, 0.2) is 22.7 Å². The molecule has 24 heavy (non-hydrogen) atoms. The number of hydrogen-bond donors (Lipinski definition) is 1. The van der Waals surface area contributed by atoms with Gasteiger partial charge >= 0.3 is 11.9 Å². The molecule has 7 heteroatoms. The number of likely N-dealkylation sites (tertiary alicyclic amines) is 1. The number of halogens is 1. The molecule has 1 aromatic carbocycles. The van der Waals surface area contributed by atoms with Crippen molar-refractivity contribution in [3.05, 3.63) is 28.2 Å². The number of amides is 1. The van der Waals surface area contributed by atoms with Crippen molar-refractivity contribution < 1.29 is 24.0 Å². The van der Waals surface area contributed by atoms with E-state index in [1.165, 1.54) is 4.90 Å². The lowest BCUT2D eigenvalue weighted by Crippen LogP contribution is -3.15. The minimum absolute atomic E-state index is 0.138. The fourth-order valence-corrected chi connectivity index (χ4v) is 4.02. The first-order valence-electron chi connectivity index (χ1n) is 8.17. The van der Waals surface area contributed by atoms with E-state index in [1.807, 2.05) is 6.07 Å². The Morgan fingerprint density at radius 1 is 1.42 bits per heavy atom. The first-order chi connectivity index (χ1) is 11.5. The van der Waals surface area contributed by atoms with E-state index in [-0.39, 0.29) is 11.9 Å². The number of para-hydroxylation sites is 1. The Labute approximate surface area is 148 Å². The molecule has 1 saturated heterocycles. The van der Waals surface area contributed by atoms with Gasteiger partial charge in [-0.15, -0.1) is 0 Å². The van der Waals surface area contributed by atoms with Gasteiger partial charge < -0.3 is 9.64 Å². The first-order valence-corrected chi connectivity index (χ1v) is 8.97. The maximum Gasteiger partial charge on any atom is 0.314 e. The Morgan fingerprint density at radius 3 is 2.96 bits per heavy atom. The zero-order valence-electron chi connectivity index (χ0n) is 13.5. The van der Waals surface area contributed by atoms with Crippen molar-refractivity contribution in [3.63, 3.8) is 0 Å². The highest BCUT2D eigenvalue weighted by Gasteiger charge is 2.40. The lowest BCUT2D eigenvalue weighted by atomic mass is 9.98. The molecule has 1 unspecified atom stereocenters. The van der Waals surface area contributed by atoms with Gasteiger partial charge in [-0.25, -0.2) is 0 Å². The topological polar surface area (TPSA) is 68.1 Å². The highest BCUT2D eigenvalue weighted by molar-refractivity contribution is 9.10. The van der Waals surface area contributed by atoms with Gasteiger partial charge in [0, 0.05) is 4.47 Å². The number of Topliss-reactive ketones (excluding diaryl/α,β-unsaturated/α-hetero) is 1. The summed E-state index contributed by atoms with van der Waals surface area (Å²) < 4.78 is 5.85. The predicted octanol–water partition coefficient (Wildman–Crippen LogP) is 0.794. The number of ketones is 1. The number of carbonyl (C=O) groups excluding carboxylic acids is 3. The molecular weight excluding hydrogens is 376 g/mol. The van der Waals surface area contributed by atoms with Gasteiger partial charge in [-0.2, -0.15) is 0 Å². The average Bonchev–Trinajstić information content (AvgIpc) is 2.82. The van der Waals surface area contributed by atoms with E-state index in [0.717, 1.165) is 28.8 Å². The van der Waals surface area contributed by atoms with Crippen molar-refractivity contribution >= 4 is 39.3 Å². The largest absolute Gasteiger partial charge is 0.466 e. The van der Waals surface area contributed by atoms with Crippen LogP contribution in [0.3, 0.4) is 0 Å². The standard InChI is InChI=1S/C17H19BrN2O4/c1-2-24-17(23)11-5-4-8-19(9-11)10-20-14-12(15(21)16(20)22)6-3-7-13(14)18/h3,6-7,11H,2,4-5,8-10H2,1H3/p+1/t11-/m0/s1. The van der Waals surface area contributed by atoms with Crippen LogP contribution in [0.25, 0.3) is 0 Å². The van der Waals surface area contributed by atoms with E-state index in [4.69, 9.17) is 4.74 Å². The number of nitrogens with zero attached hydrogens (tertiary/aromatic N) is 1. The van der Waals surface area contributed by atoms with Gasteiger partial charge in [0.05, 0.1) is 30.9 Å². The average molecular weight is 396 g/mol. The van der Waals surface area contributed by atoms with Crippen molar-refractivity contribution in [1.29, 1.82) is 0 Å². The number of rotatable bonds is 4. The number of fused-ring (bicyclic) bond motifs is 1. The molecule has 128 valence electrons. The van der Waals surface area contributed by atoms with Crippen LogP contribution >= 0.6 is 15.9 Å². The van der Waals surface area contributed by atoms with Gasteiger partial charge in [-0.3, -0.25) is 19.3 Å². The normalized spacial score (nSPS) is 23.3. The lowest BCUT2D eigenvalue weighted by Gasteiger charge is -2.31. The Bertz CT molecular complexity index is 691. The number of anilines is 1. The van der Waals surface area contributed by atoms with E-state index >= 15 is 0 Å². The molecule has 1 fully saturated rings. The number of esters is 1. The molecule has 0 aromatic heterocycles. The van der Waals surface area contributed by atoms with Crippen LogP contribution in [0.2, 0.25) is 0 Å². The number of quaternary nitrogens is 1. The quantitative estimate of drug-likeness (QED) is 0.604. The molecule has 3 rings (SSSR count). The van der Waals surface area contributed by atoms with E-state index < -0.39 is 11.7 Å². The molecular formula is C17H20BrN2O4+. The summed E-state index contributed by atoms with van der Waals surface area (Å²) in [4.78, 5) is 39.1. The summed E-state index contributed by atoms with van der Waals surface area (Å²) in [6.45, 7) is 4.05. The van der Waals surface area contributed by atoms with Crippen molar-refractivity contribution in [2.24, 2.45) is 5.92 Å². The Morgan fingerprint density at radius 2 is 2.21 bits per heavy atom. The minimum atomic E-state index is -0.498. The molecule has 2 aliphatic heterocycles. The smallest absolute Gasteiger partial charge is 0.314 e. The van der Waals surface area contributed by atoms with Gasteiger partial charge in [0.25, 0.3) is 5.78 Å². The van der Waals surface area contributed by atoms with Crippen molar-refractivity contribution in [2.45, 2.75) is 19.8 Å². The molecule has 1 aromatic rings. The minimum Gasteiger partial charge on any atom is -0.466 e. The number of hydrogen-bond acceptors (Lipinski definition) is 4. The van der Waals surface area contributed by atoms with Crippen LogP contribution in [-0.2, 0) is 14.3 Å². The van der Waals surface area contributed by atoms with Crippen LogP contribution in [-0.4, -0.2) is 44.0 Å². The fourth-order valence-electron chi connectivity index (χ4n) is 3.44. The third-order valence-electron chi connectivity index (χ3n) is 4.56. The maximum atomic E-state index is 12.4. The molecule has 6 nitrogen and oxygen atoms in total. The lowest BCUT2D eigenvalue weighted by molar-refractivity contribution is -0.906. The number of benzene rings is 1. The third-order valence-corrected chi connectivity index (χ3v) is 5.20. The predicted molar refractivity (Wildman–Crippen MR) is 90.9 cm³/mol. The van der Waals surface area contributed by atoms with Crippen molar-refractivity contribution in [1.82, 2.24) is 0 Å². The highest BCUT2D eigenvalue weighted by Crippen LogP contribution is 2.35. The number of piperidine rings is 1. The second-order valence-electron chi connectivity index (χ2n) is 6.15. The van der Waals surface area contributed by atoms with Gasteiger partial charge in [0.2, 0.25) is 0 Å². The van der Waals surface area contributed by atoms with Gasteiger partial charge in [-0.05, 0) is 47.8 Å². The molecule has 2 aliphatic rings. The molecule has 0 spiro atoms. The summed E-state index contributed by atoms with van der Waals surface area (Å²) in [5, 5.41) is 0. The van der Waals surface area contributed by atoms with E-state index in [9.17, 15) is 14.4 Å². The number of carbonyl (C=O) groups is 3. The number of ether oxygens (including phenoxy) is 1. The summed E-state index contributed by atoms with van der Waals surface area (Å²) in [5.41, 5.74) is 1.07. The zero-order chi connectivity index (χ0) is 17.3. The first kappa shape index (κ1) is 17.1. The maximum absolute atomic E-state index is 12.4. The Hall–Kier alpha value is -1.73. The van der Waals surface area contributed by atoms with Crippen LogP contribution in [0.4, 0.5) is 5.69 Å². The van der Waals surface area contributed by atoms with E-state index in [0.29, 0.717) is 31.1 Å². The second kappa shape index (κ2) is 7.03. The summed E-state index contributed by atoms with van der Waals surface area (Å²) >= 11 is 3.43.